The highest BCUT2D eigenvalue weighted by Gasteiger charge is 2.28. The number of rotatable bonds is 11. The van der Waals surface area contributed by atoms with Crippen LogP contribution in [0.15, 0.2) is 12.2 Å². The van der Waals surface area contributed by atoms with Gasteiger partial charge in [0.15, 0.2) is 0 Å². The molecule has 5 N–H and O–H groups in total. The summed E-state index contributed by atoms with van der Waals surface area (Å²) in [6, 6.07) is -0.669. The standard InChI is InChI=1S/C9H21N2O4PS.C4H4O4/c1-4-14-9(12)8(3)11-16(13,15-5-2)17-7-6-10;5-3(6)1-2-4(7)8/h8H,4-7,10H2,1-3H3,(H,11,13);1-2H,(H,5,6)(H,7,8)/b;2-1+/t8-,16-;/m0./s1. The van der Waals surface area contributed by atoms with E-state index in [4.69, 9.17) is 25.2 Å². The molecular weight excluding hydrogens is 375 g/mol. The molecule has 0 aromatic heterocycles. The molecule has 0 fully saturated rings. The second-order valence-electron chi connectivity index (χ2n) is 4.15. The Morgan fingerprint density at radius 2 is 1.72 bits per heavy atom. The molecule has 0 aliphatic carbocycles. The predicted molar refractivity (Wildman–Crippen MR) is 94.4 cm³/mol. The molecule has 0 saturated carbocycles. The van der Waals surface area contributed by atoms with Crippen molar-refractivity contribution in [2.75, 3.05) is 25.5 Å². The van der Waals surface area contributed by atoms with Gasteiger partial charge in [0.1, 0.15) is 6.04 Å². The second-order valence-corrected chi connectivity index (χ2v) is 8.54. The van der Waals surface area contributed by atoms with Crippen LogP contribution in [0.1, 0.15) is 20.8 Å². The van der Waals surface area contributed by atoms with Crippen LogP contribution in [-0.2, 0) is 28.2 Å². The van der Waals surface area contributed by atoms with E-state index in [2.05, 4.69) is 5.09 Å². The minimum Gasteiger partial charge on any atom is -0.478 e. The number of ether oxygens (including phenoxy) is 1. The van der Waals surface area contributed by atoms with E-state index in [0.717, 1.165) is 11.4 Å². The van der Waals surface area contributed by atoms with Crippen LogP contribution in [0.5, 0.6) is 0 Å². The van der Waals surface area contributed by atoms with E-state index in [-0.39, 0.29) is 0 Å². The first-order chi connectivity index (χ1) is 11.6. The number of carbonyl (C=O) groups excluding carboxylic acids is 1. The minimum atomic E-state index is -3.08. The van der Waals surface area contributed by atoms with Gasteiger partial charge in [-0.2, -0.15) is 0 Å². The van der Waals surface area contributed by atoms with E-state index < -0.39 is 30.7 Å². The molecule has 0 rings (SSSR count). The van der Waals surface area contributed by atoms with E-state index in [1.54, 1.807) is 20.8 Å². The van der Waals surface area contributed by atoms with Crippen LogP contribution < -0.4 is 10.8 Å². The maximum Gasteiger partial charge on any atom is 0.328 e. The van der Waals surface area contributed by atoms with Gasteiger partial charge in [-0.15, -0.1) is 0 Å². The van der Waals surface area contributed by atoms with Gasteiger partial charge in [0, 0.05) is 24.4 Å². The van der Waals surface area contributed by atoms with E-state index in [0.29, 0.717) is 37.7 Å². The Morgan fingerprint density at radius 1 is 1.20 bits per heavy atom. The zero-order valence-corrected chi connectivity index (χ0v) is 16.0. The number of aliphatic carboxylic acids is 2. The Bertz CT molecular complexity index is 484. The predicted octanol–water partition coefficient (Wildman–Crippen LogP) is 1.08. The van der Waals surface area contributed by atoms with Crippen molar-refractivity contribution < 1.29 is 38.4 Å². The van der Waals surface area contributed by atoms with Crippen molar-refractivity contribution in [3.8, 4) is 0 Å². The van der Waals surface area contributed by atoms with Crippen molar-refractivity contribution in [3.63, 3.8) is 0 Å². The monoisotopic (exact) mass is 400 g/mol. The molecule has 0 unspecified atom stereocenters. The van der Waals surface area contributed by atoms with E-state index in [1.165, 1.54) is 0 Å². The van der Waals surface area contributed by atoms with Crippen LogP contribution in [0.25, 0.3) is 0 Å². The highest BCUT2D eigenvalue weighted by Crippen LogP contribution is 2.55. The molecule has 0 heterocycles. The summed E-state index contributed by atoms with van der Waals surface area (Å²) in [5.74, 6) is -2.46. The normalized spacial score (nSPS) is 14.1. The Hall–Kier alpha value is -1.39. The second kappa shape index (κ2) is 14.9. The topological polar surface area (TPSA) is 165 Å². The molecule has 10 nitrogen and oxygen atoms in total. The maximum atomic E-state index is 12.3. The lowest BCUT2D eigenvalue weighted by Gasteiger charge is -2.21. The first-order valence-corrected chi connectivity index (χ1v) is 10.5. The zero-order chi connectivity index (χ0) is 19.9. The Labute approximate surface area is 150 Å². The van der Waals surface area contributed by atoms with Gasteiger partial charge in [-0.3, -0.25) is 9.36 Å². The Kier molecular flexibility index (Phi) is 15.4. The summed E-state index contributed by atoms with van der Waals surface area (Å²) in [7, 11) is 0. The summed E-state index contributed by atoms with van der Waals surface area (Å²) in [5.41, 5.74) is 5.35. The van der Waals surface area contributed by atoms with Crippen LogP contribution in [0.4, 0.5) is 0 Å². The van der Waals surface area contributed by atoms with Gasteiger partial charge >= 0.3 is 24.6 Å². The molecule has 0 aromatic rings. The molecule has 0 bridgehead atoms. The van der Waals surface area contributed by atoms with Gasteiger partial charge < -0.3 is 25.2 Å². The molecule has 146 valence electrons. The molecule has 0 aromatic carbocycles. The van der Waals surface area contributed by atoms with Gasteiger partial charge in [-0.1, -0.05) is 11.4 Å². The third-order valence-corrected chi connectivity index (χ3v) is 6.30. The summed E-state index contributed by atoms with van der Waals surface area (Å²) in [6.45, 7) is 2.96. The van der Waals surface area contributed by atoms with Gasteiger partial charge in [-0.05, 0) is 20.8 Å². The summed E-state index contributed by atoms with van der Waals surface area (Å²) in [4.78, 5) is 30.5. The SMILES string of the molecule is CCOC(=O)[C@H](C)N[P@](=O)(OCC)SCCN.O=C(O)/C=C/C(=O)O. The van der Waals surface area contributed by atoms with Gasteiger partial charge in [0.05, 0.1) is 13.2 Å². The first-order valence-electron chi connectivity index (χ1n) is 7.29. The Morgan fingerprint density at radius 3 is 2.08 bits per heavy atom. The number of carbonyl (C=O) groups is 3. The highest BCUT2D eigenvalue weighted by molar-refractivity contribution is 8.56. The van der Waals surface area contributed by atoms with Crippen LogP contribution in [0.2, 0.25) is 0 Å². The van der Waals surface area contributed by atoms with Crippen molar-refractivity contribution >= 4 is 36.0 Å². The van der Waals surface area contributed by atoms with Crippen molar-refractivity contribution in [2.45, 2.75) is 26.8 Å². The molecule has 0 spiro atoms. The fourth-order valence-corrected chi connectivity index (χ4v) is 4.92. The number of carboxylic acid groups (broad SMARTS) is 2. The third-order valence-electron chi connectivity index (χ3n) is 2.04. The minimum absolute atomic E-state index is 0.291. The third kappa shape index (κ3) is 15.9. The Balaban J connectivity index is 0. The lowest BCUT2D eigenvalue weighted by atomic mass is 10.4. The summed E-state index contributed by atoms with van der Waals surface area (Å²) in [5, 5.41) is 18.3. The summed E-state index contributed by atoms with van der Waals surface area (Å²) < 4.78 is 22.3. The number of nitrogens with two attached hydrogens (primary N) is 1. The lowest BCUT2D eigenvalue weighted by Crippen LogP contribution is -2.33. The fraction of sp³-hybridized carbons (Fsp3) is 0.615. The van der Waals surface area contributed by atoms with Crippen LogP contribution in [-0.4, -0.2) is 59.7 Å². The average Bonchev–Trinajstić information content (AvgIpc) is 2.52. The molecule has 0 saturated heterocycles. The highest BCUT2D eigenvalue weighted by atomic mass is 32.7. The fourth-order valence-electron chi connectivity index (χ4n) is 1.15. The molecule has 0 aliphatic rings. The number of hydrogen-bond donors (Lipinski definition) is 4. The number of hydrogen-bond acceptors (Lipinski definition) is 8. The van der Waals surface area contributed by atoms with Gasteiger partial charge in [0.25, 0.3) is 0 Å². The molecule has 0 aliphatic heterocycles. The van der Waals surface area contributed by atoms with Gasteiger partial charge in [-0.25, -0.2) is 14.7 Å². The van der Waals surface area contributed by atoms with Gasteiger partial charge in [0.2, 0.25) is 0 Å². The largest absolute Gasteiger partial charge is 0.478 e. The summed E-state index contributed by atoms with van der Waals surface area (Å²) >= 11 is 1.10. The van der Waals surface area contributed by atoms with E-state index >= 15 is 0 Å². The van der Waals surface area contributed by atoms with E-state index in [9.17, 15) is 18.9 Å². The number of esters is 1. The van der Waals surface area contributed by atoms with Crippen molar-refractivity contribution in [3.05, 3.63) is 12.2 Å². The molecular formula is C13H25N2O8PS. The number of nitrogens with one attached hydrogen (secondary N) is 1. The van der Waals surface area contributed by atoms with E-state index in [1.807, 2.05) is 0 Å². The zero-order valence-electron chi connectivity index (χ0n) is 14.3. The average molecular weight is 400 g/mol. The lowest BCUT2D eigenvalue weighted by molar-refractivity contribution is -0.144. The molecule has 0 radical (unpaired) electrons. The first kappa shape index (κ1) is 25.8. The molecule has 2 atom stereocenters. The smallest absolute Gasteiger partial charge is 0.328 e. The van der Waals surface area contributed by atoms with Crippen molar-refractivity contribution in [1.82, 2.24) is 5.09 Å². The molecule has 0 amide bonds. The molecule has 12 heteroatoms. The van der Waals surface area contributed by atoms with Crippen LogP contribution in [0, 0.1) is 0 Å². The van der Waals surface area contributed by atoms with Crippen LogP contribution in [0.3, 0.4) is 0 Å². The maximum absolute atomic E-state index is 12.3. The summed E-state index contributed by atoms with van der Waals surface area (Å²) in [6.07, 6.45) is 1.12. The van der Waals surface area contributed by atoms with Crippen molar-refractivity contribution in [2.24, 2.45) is 5.73 Å². The quantitative estimate of drug-likeness (QED) is 0.223. The molecule has 25 heavy (non-hydrogen) atoms. The number of carboxylic acids is 2. The van der Waals surface area contributed by atoms with Crippen LogP contribution >= 0.6 is 18.1 Å². The van der Waals surface area contributed by atoms with Crippen molar-refractivity contribution in [1.29, 1.82) is 0 Å².